The zero-order valence-corrected chi connectivity index (χ0v) is 18.9. The van der Waals surface area contributed by atoms with E-state index in [1.165, 1.54) is 12.3 Å². The predicted octanol–water partition coefficient (Wildman–Crippen LogP) is 5.50. The molecule has 4 rings (SSSR count). The monoisotopic (exact) mass is 508 g/mol. The molecule has 0 fully saturated rings. The van der Waals surface area contributed by atoms with E-state index in [9.17, 15) is 26.3 Å². The molecule has 0 saturated heterocycles. The Bertz CT molecular complexity index is 1370. The first-order chi connectivity index (χ1) is 17.0. The van der Waals surface area contributed by atoms with Crippen LogP contribution in [-0.2, 0) is 12.4 Å². The second-order valence-corrected chi connectivity index (χ2v) is 7.72. The summed E-state index contributed by atoms with van der Waals surface area (Å²) >= 11 is 0. The third kappa shape index (κ3) is 5.26. The van der Waals surface area contributed by atoms with Crippen LogP contribution in [0.3, 0.4) is 0 Å². The molecule has 14 heteroatoms. The first-order valence-electron chi connectivity index (χ1n) is 10.6. The van der Waals surface area contributed by atoms with Crippen LogP contribution >= 0.6 is 0 Å². The molecular weight excluding hydrogens is 490 g/mol. The highest BCUT2D eigenvalue weighted by Gasteiger charge is 2.36. The van der Waals surface area contributed by atoms with Crippen LogP contribution in [0.1, 0.15) is 24.5 Å². The molecule has 8 nitrogen and oxygen atoms in total. The molecule has 0 aliphatic rings. The minimum atomic E-state index is -4.73. The van der Waals surface area contributed by atoms with Gasteiger partial charge >= 0.3 is 12.4 Å². The van der Waals surface area contributed by atoms with Crippen LogP contribution < -0.4 is 10.2 Å². The van der Waals surface area contributed by atoms with Crippen molar-refractivity contribution in [1.29, 1.82) is 0 Å². The van der Waals surface area contributed by atoms with Crippen LogP contribution in [0, 0.1) is 0 Å². The highest BCUT2D eigenvalue weighted by atomic mass is 19.4. The number of fused-ring (bicyclic) bond motifs is 1. The second-order valence-electron chi connectivity index (χ2n) is 7.72. The minimum absolute atomic E-state index is 0.00786. The first-order valence-corrected chi connectivity index (χ1v) is 10.6. The third-order valence-electron chi connectivity index (χ3n) is 5.08. The summed E-state index contributed by atoms with van der Waals surface area (Å²) in [5.41, 5.74) is -2.17. The summed E-state index contributed by atoms with van der Waals surface area (Å²) in [7, 11) is 1.62. The van der Waals surface area contributed by atoms with Crippen molar-refractivity contribution in [2.24, 2.45) is 0 Å². The van der Waals surface area contributed by atoms with Gasteiger partial charge in [0.2, 0.25) is 0 Å². The lowest BCUT2D eigenvalue weighted by molar-refractivity contribution is -0.138. The van der Waals surface area contributed by atoms with Gasteiger partial charge in [-0.15, -0.1) is 10.2 Å². The summed E-state index contributed by atoms with van der Waals surface area (Å²) in [5.74, 6) is 0.161. The summed E-state index contributed by atoms with van der Waals surface area (Å²) in [6.45, 7) is 2.38. The van der Waals surface area contributed by atoms with E-state index in [1.807, 2.05) is 6.92 Å². The predicted molar refractivity (Wildman–Crippen MR) is 119 cm³/mol. The highest BCUT2D eigenvalue weighted by molar-refractivity contribution is 5.87. The number of anilines is 3. The van der Waals surface area contributed by atoms with Crippen LogP contribution in [0.5, 0.6) is 0 Å². The van der Waals surface area contributed by atoms with Crippen molar-refractivity contribution in [2.45, 2.75) is 25.7 Å². The Hall–Kier alpha value is -4.10. The summed E-state index contributed by atoms with van der Waals surface area (Å²) in [6.07, 6.45) is -5.44. The number of alkyl halides is 6. The highest BCUT2D eigenvalue weighted by Crippen LogP contribution is 2.37. The van der Waals surface area contributed by atoms with Gasteiger partial charge in [0, 0.05) is 26.0 Å². The Kier molecular flexibility index (Phi) is 6.61. The van der Waals surface area contributed by atoms with Gasteiger partial charge in [-0.1, -0.05) is 6.92 Å². The SMILES string of the molecule is CCCN(C)c1cc(C(F)(F)F)c(-c2cnc3c(Nc4ccc(C(F)(F)F)cn4)ccnc3n2)nn1. The topological polar surface area (TPSA) is 92.6 Å². The number of halogens is 6. The lowest BCUT2D eigenvalue weighted by Gasteiger charge is -2.19. The Labute approximate surface area is 200 Å². The zero-order chi connectivity index (χ0) is 26.1. The molecule has 0 aromatic carbocycles. The van der Waals surface area contributed by atoms with Gasteiger partial charge in [-0.05, 0) is 30.7 Å². The Morgan fingerprint density at radius 2 is 1.69 bits per heavy atom. The van der Waals surface area contributed by atoms with Gasteiger partial charge in [0.15, 0.2) is 11.5 Å². The largest absolute Gasteiger partial charge is 0.418 e. The van der Waals surface area contributed by atoms with E-state index in [4.69, 9.17) is 0 Å². The molecule has 0 aliphatic carbocycles. The molecule has 0 unspecified atom stereocenters. The van der Waals surface area contributed by atoms with E-state index in [0.717, 1.165) is 24.4 Å². The van der Waals surface area contributed by atoms with Crippen LogP contribution in [0.15, 0.2) is 42.9 Å². The van der Waals surface area contributed by atoms with Crippen LogP contribution in [0.4, 0.5) is 43.7 Å². The van der Waals surface area contributed by atoms with E-state index in [-0.39, 0.29) is 28.5 Å². The van der Waals surface area contributed by atoms with Gasteiger partial charge in [-0.2, -0.15) is 26.3 Å². The number of hydrogen-bond donors (Lipinski definition) is 1. The maximum absolute atomic E-state index is 13.8. The molecule has 4 aromatic heterocycles. The molecule has 0 bridgehead atoms. The molecule has 188 valence electrons. The summed E-state index contributed by atoms with van der Waals surface area (Å²) < 4.78 is 79.8. The van der Waals surface area contributed by atoms with Gasteiger partial charge in [0.25, 0.3) is 0 Å². The molecule has 0 spiro atoms. The van der Waals surface area contributed by atoms with E-state index in [0.29, 0.717) is 24.8 Å². The van der Waals surface area contributed by atoms with Gasteiger partial charge in [0.1, 0.15) is 22.7 Å². The summed E-state index contributed by atoms with van der Waals surface area (Å²) in [6, 6.07) is 4.39. The Morgan fingerprint density at radius 1 is 0.917 bits per heavy atom. The van der Waals surface area contributed by atoms with Crippen LogP contribution in [-0.4, -0.2) is 43.7 Å². The van der Waals surface area contributed by atoms with Crippen molar-refractivity contribution in [1.82, 2.24) is 30.1 Å². The number of nitrogens with one attached hydrogen (secondary N) is 1. The third-order valence-corrected chi connectivity index (χ3v) is 5.08. The fourth-order valence-electron chi connectivity index (χ4n) is 3.33. The number of aromatic nitrogens is 6. The molecule has 1 N–H and O–H groups in total. The van der Waals surface area contributed by atoms with Crippen LogP contribution in [0.25, 0.3) is 22.6 Å². The summed E-state index contributed by atoms with van der Waals surface area (Å²) in [5, 5.41) is 10.5. The van der Waals surface area contributed by atoms with Crippen molar-refractivity contribution >= 4 is 28.5 Å². The minimum Gasteiger partial charge on any atom is -0.358 e. The standard InChI is InChI=1S/C22H18F6N8/c1-3-8-36(2)17-9-13(22(26,27)28)18(35-34-17)15-11-31-19-14(6-7-29-20(19)33-15)32-16-5-4-12(10-30-16)21(23,24)25/h4-7,9-11H,3,8H2,1-2H3,(H,29,30,32,33). The average Bonchev–Trinajstić information content (AvgIpc) is 2.83. The van der Waals surface area contributed by atoms with E-state index >= 15 is 0 Å². The molecule has 0 aliphatic heterocycles. The lowest BCUT2D eigenvalue weighted by atomic mass is 10.1. The maximum Gasteiger partial charge on any atom is 0.418 e. The number of hydrogen-bond acceptors (Lipinski definition) is 8. The molecule has 0 saturated carbocycles. The van der Waals surface area contributed by atoms with Crippen LogP contribution in [0.2, 0.25) is 0 Å². The Balaban J connectivity index is 1.70. The molecule has 0 amide bonds. The number of pyridine rings is 2. The van der Waals surface area contributed by atoms with Gasteiger partial charge in [-0.3, -0.25) is 0 Å². The fourth-order valence-corrected chi connectivity index (χ4v) is 3.33. The fraction of sp³-hybridized carbons (Fsp3) is 0.273. The average molecular weight is 508 g/mol. The van der Waals surface area contributed by atoms with E-state index in [2.05, 4.69) is 35.5 Å². The number of rotatable bonds is 6. The normalized spacial score (nSPS) is 12.1. The smallest absolute Gasteiger partial charge is 0.358 e. The summed E-state index contributed by atoms with van der Waals surface area (Å²) in [4.78, 5) is 17.7. The van der Waals surface area contributed by atoms with E-state index in [1.54, 1.807) is 11.9 Å². The lowest BCUT2D eigenvalue weighted by Crippen LogP contribution is -2.21. The van der Waals surface area contributed by atoms with Crippen molar-refractivity contribution in [3.05, 3.63) is 54.0 Å². The number of nitrogens with zero attached hydrogens (tertiary/aromatic N) is 7. The molecule has 0 atom stereocenters. The van der Waals surface area contributed by atoms with Gasteiger partial charge in [-0.25, -0.2) is 19.9 Å². The van der Waals surface area contributed by atoms with Gasteiger partial charge < -0.3 is 10.2 Å². The van der Waals surface area contributed by atoms with Gasteiger partial charge in [0.05, 0.1) is 23.0 Å². The maximum atomic E-state index is 13.8. The zero-order valence-electron chi connectivity index (χ0n) is 18.9. The van der Waals surface area contributed by atoms with Crippen molar-refractivity contribution in [3.8, 4) is 11.4 Å². The molecule has 36 heavy (non-hydrogen) atoms. The van der Waals surface area contributed by atoms with Crippen molar-refractivity contribution < 1.29 is 26.3 Å². The second kappa shape index (κ2) is 9.51. The molecule has 0 radical (unpaired) electrons. The first kappa shape index (κ1) is 25.0. The molecular formula is C22H18F6N8. The molecule has 4 aromatic rings. The molecule has 4 heterocycles. The Morgan fingerprint density at radius 3 is 2.33 bits per heavy atom. The van der Waals surface area contributed by atoms with Crippen molar-refractivity contribution in [2.75, 3.05) is 23.8 Å². The van der Waals surface area contributed by atoms with Crippen molar-refractivity contribution in [3.63, 3.8) is 0 Å². The van der Waals surface area contributed by atoms with E-state index < -0.39 is 29.2 Å². The quantitative estimate of drug-likeness (QED) is 0.341.